The molecule has 8 nitrogen and oxygen atoms in total. The van der Waals surface area contributed by atoms with E-state index in [1.54, 1.807) is 0 Å². The predicted octanol–water partition coefficient (Wildman–Crippen LogP) is 3.60. The summed E-state index contributed by atoms with van der Waals surface area (Å²) in [6.45, 7) is -0.531. The summed E-state index contributed by atoms with van der Waals surface area (Å²) in [5, 5.41) is 11.5. The number of hydrogen-bond acceptors (Lipinski definition) is 5. The van der Waals surface area contributed by atoms with E-state index >= 15 is 0 Å². The molecule has 0 aliphatic heterocycles. The molecule has 3 aromatic rings. The third kappa shape index (κ3) is 4.74. The molecule has 0 radical (unpaired) electrons. The van der Waals surface area contributed by atoms with E-state index in [1.807, 2.05) is 36.4 Å². The van der Waals surface area contributed by atoms with Crippen molar-refractivity contribution < 1.29 is 24.2 Å². The van der Waals surface area contributed by atoms with Crippen LogP contribution >= 0.6 is 0 Å². The van der Waals surface area contributed by atoms with Crippen molar-refractivity contribution in [1.29, 1.82) is 0 Å². The summed E-state index contributed by atoms with van der Waals surface area (Å²) in [5.41, 5.74) is 4.83. The maximum absolute atomic E-state index is 12.4. The third-order valence-corrected chi connectivity index (χ3v) is 5.47. The lowest BCUT2D eigenvalue weighted by molar-refractivity contribution is -0.137. The van der Waals surface area contributed by atoms with Crippen molar-refractivity contribution in [2.75, 3.05) is 25.0 Å². The number of hydrogen-bond donors (Lipinski definition) is 2. The van der Waals surface area contributed by atoms with Crippen molar-refractivity contribution in [1.82, 2.24) is 9.88 Å². The number of aromatic nitrogens is 1. The van der Waals surface area contributed by atoms with E-state index in [9.17, 15) is 14.4 Å². The van der Waals surface area contributed by atoms with Gasteiger partial charge in [0.15, 0.2) is 0 Å². The van der Waals surface area contributed by atoms with Crippen LogP contribution in [-0.4, -0.2) is 52.7 Å². The van der Waals surface area contributed by atoms with Gasteiger partial charge in [0, 0.05) is 5.92 Å². The molecule has 2 N–H and O–H groups in total. The molecule has 0 bridgehead atoms. The Bertz CT molecular complexity index is 1230. The molecule has 8 heteroatoms. The molecule has 0 spiro atoms. The average molecular weight is 455 g/mol. The van der Waals surface area contributed by atoms with E-state index in [2.05, 4.69) is 28.4 Å². The lowest BCUT2D eigenvalue weighted by atomic mass is 9.98. The molecule has 1 aromatic heterocycles. The van der Waals surface area contributed by atoms with Crippen LogP contribution in [0.1, 0.15) is 27.5 Å². The molecule has 2 aromatic carbocycles. The fourth-order valence-electron chi connectivity index (χ4n) is 3.98. The summed E-state index contributed by atoms with van der Waals surface area (Å²) in [7, 11) is 0. The average Bonchev–Trinajstić information content (AvgIpc) is 3.16. The highest BCUT2D eigenvalue weighted by molar-refractivity contribution is 5.95. The summed E-state index contributed by atoms with van der Waals surface area (Å²) in [6, 6.07) is 19.0. The van der Waals surface area contributed by atoms with E-state index in [4.69, 9.17) is 16.3 Å². The van der Waals surface area contributed by atoms with Crippen LogP contribution in [0.3, 0.4) is 0 Å². The molecule has 0 saturated carbocycles. The van der Waals surface area contributed by atoms with Crippen LogP contribution in [0.2, 0.25) is 0 Å². The van der Waals surface area contributed by atoms with Gasteiger partial charge in [-0.25, -0.2) is 9.78 Å². The van der Waals surface area contributed by atoms with Gasteiger partial charge in [0.1, 0.15) is 18.8 Å². The first-order valence-electron chi connectivity index (χ1n) is 10.5. The van der Waals surface area contributed by atoms with Gasteiger partial charge >= 0.3 is 12.1 Å². The number of rotatable bonds is 7. The Morgan fingerprint density at radius 1 is 1.03 bits per heavy atom. The van der Waals surface area contributed by atoms with Gasteiger partial charge in [-0.15, -0.1) is 6.42 Å². The number of pyridine rings is 1. The lowest BCUT2D eigenvalue weighted by Crippen LogP contribution is -2.36. The zero-order valence-corrected chi connectivity index (χ0v) is 18.1. The van der Waals surface area contributed by atoms with Gasteiger partial charge in [-0.3, -0.25) is 14.9 Å². The minimum absolute atomic E-state index is 0.00888. The van der Waals surface area contributed by atoms with Crippen LogP contribution in [-0.2, 0) is 9.53 Å². The first kappa shape index (κ1) is 22.6. The normalized spacial score (nSPS) is 11.6. The number of nitrogens with one attached hydrogen (secondary N) is 1. The Morgan fingerprint density at radius 2 is 1.68 bits per heavy atom. The van der Waals surface area contributed by atoms with Crippen molar-refractivity contribution in [3.05, 3.63) is 83.7 Å². The van der Waals surface area contributed by atoms with E-state index < -0.39 is 24.5 Å². The monoisotopic (exact) mass is 455 g/mol. The fraction of sp³-hybridized carbons (Fsp3) is 0.154. The van der Waals surface area contributed by atoms with Gasteiger partial charge in [-0.2, -0.15) is 0 Å². The maximum Gasteiger partial charge on any atom is 0.411 e. The number of nitrogens with zero attached hydrogens (tertiary/aromatic N) is 2. The van der Waals surface area contributed by atoms with Crippen molar-refractivity contribution in [2.24, 2.45) is 0 Å². The van der Waals surface area contributed by atoms with Gasteiger partial charge in [-0.1, -0.05) is 54.5 Å². The van der Waals surface area contributed by atoms with E-state index in [-0.39, 0.29) is 24.8 Å². The maximum atomic E-state index is 12.4. The number of ether oxygens (including phenoxy) is 1. The minimum atomic E-state index is -1.18. The zero-order chi connectivity index (χ0) is 24.1. The molecular formula is C26H21N3O5. The van der Waals surface area contributed by atoms with Crippen molar-refractivity contribution in [3.63, 3.8) is 0 Å². The molecule has 1 heterocycles. The van der Waals surface area contributed by atoms with Gasteiger partial charge in [-0.05, 0) is 34.4 Å². The smallest absolute Gasteiger partial charge is 0.411 e. The SMILES string of the molecule is C#CCN(CC(=O)O)C(=O)c1ccc(NC(=O)OCC2c3ccccc3-c3ccccc32)cn1. The standard InChI is InChI=1S/C26H21N3O5/c1-2-13-29(15-24(30)31)25(32)23-12-11-17(14-27-23)28-26(33)34-16-22-20-9-5-3-7-18(20)19-8-4-6-10-21(19)22/h1,3-12,14,22H,13,15-16H2,(H,28,33)(H,30,31). The Labute approximate surface area is 196 Å². The summed E-state index contributed by atoms with van der Waals surface area (Å²) in [6.07, 6.45) is 5.85. The second-order valence-corrected chi connectivity index (χ2v) is 7.64. The molecule has 0 fully saturated rings. The number of carboxylic acids is 1. The first-order valence-corrected chi connectivity index (χ1v) is 10.5. The van der Waals surface area contributed by atoms with Crippen LogP contribution in [0.25, 0.3) is 11.1 Å². The number of terminal acetylenes is 1. The van der Waals surface area contributed by atoms with Crippen molar-refractivity contribution in [3.8, 4) is 23.5 Å². The number of fused-ring (bicyclic) bond motifs is 3. The number of carbonyl (C=O) groups excluding carboxylic acids is 2. The highest BCUT2D eigenvalue weighted by Gasteiger charge is 2.29. The second kappa shape index (κ2) is 9.88. The summed E-state index contributed by atoms with van der Waals surface area (Å²) >= 11 is 0. The van der Waals surface area contributed by atoms with Crippen molar-refractivity contribution in [2.45, 2.75) is 5.92 Å². The molecule has 0 atom stereocenters. The topological polar surface area (TPSA) is 109 Å². The summed E-state index contributed by atoms with van der Waals surface area (Å²) in [5.74, 6) is 0.388. The van der Waals surface area contributed by atoms with Gasteiger partial charge < -0.3 is 14.7 Å². The van der Waals surface area contributed by atoms with E-state index in [0.29, 0.717) is 5.69 Å². The number of benzene rings is 2. The number of carboxylic acid groups (broad SMARTS) is 1. The minimum Gasteiger partial charge on any atom is -0.480 e. The first-order chi connectivity index (χ1) is 16.5. The molecule has 0 unspecified atom stereocenters. The molecule has 170 valence electrons. The number of anilines is 1. The Kier molecular flexibility index (Phi) is 6.55. The molecule has 34 heavy (non-hydrogen) atoms. The molecule has 4 rings (SSSR count). The van der Waals surface area contributed by atoms with Crippen LogP contribution < -0.4 is 5.32 Å². The van der Waals surface area contributed by atoms with Gasteiger partial charge in [0.2, 0.25) is 0 Å². The largest absolute Gasteiger partial charge is 0.480 e. The van der Waals surface area contributed by atoms with Gasteiger partial charge in [0.05, 0.1) is 18.4 Å². The van der Waals surface area contributed by atoms with Crippen molar-refractivity contribution >= 4 is 23.7 Å². The van der Waals surface area contributed by atoms with E-state index in [0.717, 1.165) is 27.2 Å². The van der Waals surface area contributed by atoms with Gasteiger partial charge in [0.25, 0.3) is 5.91 Å². The third-order valence-electron chi connectivity index (χ3n) is 5.47. The lowest BCUT2D eigenvalue weighted by Gasteiger charge is -2.17. The summed E-state index contributed by atoms with van der Waals surface area (Å²) < 4.78 is 5.49. The van der Waals surface area contributed by atoms with E-state index in [1.165, 1.54) is 18.3 Å². The molecular weight excluding hydrogens is 434 g/mol. The van der Waals surface area contributed by atoms with Crippen LogP contribution in [0.15, 0.2) is 66.9 Å². The van der Waals surface area contributed by atoms with Crippen LogP contribution in [0.5, 0.6) is 0 Å². The number of amides is 2. The number of aliphatic carboxylic acids is 1. The predicted molar refractivity (Wildman–Crippen MR) is 125 cm³/mol. The second-order valence-electron chi connectivity index (χ2n) is 7.64. The highest BCUT2D eigenvalue weighted by Crippen LogP contribution is 2.44. The zero-order valence-electron chi connectivity index (χ0n) is 18.1. The fourth-order valence-corrected chi connectivity index (χ4v) is 3.98. The molecule has 1 aliphatic carbocycles. The molecule has 0 saturated heterocycles. The Morgan fingerprint density at radius 3 is 2.24 bits per heavy atom. The molecule has 1 aliphatic rings. The quantitative estimate of drug-likeness (QED) is 0.527. The Balaban J connectivity index is 1.38. The summed E-state index contributed by atoms with van der Waals surface area (Å²) in [4.78, 5) is 40.8. The highest BCUT2D eigenvalue weighted by atomic mass is 16.5. The van der Waals surface area contributed by atoms with Crippen LogP contribution in [0, 0.1) is 12.3 Å². The molecule has 2 amide bonds. The Hall–Kier alpha value is -4.64. The van der Waals surface area contributed by atoms with Crippen LogP contribution in [0.4, 0.5) is 10.5 Å². The number of carbonyl (C=O) groups is 3.